The van der Waals surface area contributed by atoms with Gasteiger partial charge in [-0.3, -0.25) is 5.10 Å². The Bertz CT molecular complexity index is 470. The Morgan fingerprint density at radius 3 is 2.81 bits per heavy atom. The summed E-state index contributed by atoms with van der Waals surface area (Å²) in [7, 11) is 1.82. The molecule has 0 aliphatic rings. The third-order valence-electron chi connectivity index (χ3n) is 2.26. The molecular weight excluding hydrogens is 247 g/mol. The molecule has 0 spiro atoms. The lowest BCUT2D eigenvalue weighted by Crippen LogP contribution is -2.19. The van der Waals surface area contributed by atoms with E-state index in [0.717, 1.165) is 5.56 Å². The molecule has 0 aliphatic heterocycles. The predicted molar refractivity (Wildman–Crippen MR) is 63.7 cm³/mol. The third kappa shape index (κ3) is 2.19. The van der Waals surface area contributed by atoms with Crippen LogP contribution < -0.4 is 5.32 Å². The van der Waals surface area contributed by atoms with E-state index in [1.807, 2.05) is 13.1 Å². The van der Waals surface area contributed by atoms with E-state index >= 15 is 0 Å². The molecule has 1 atom stereocenters. The Morgan fingerprint density at radius 1 is 1.38 bits per heavy atom. The normalized spacial score (nSPS) is 12.7. The Labute approximate surface area is 103 Å². The molecule has 0 saturated carbocycles. The first kappa shape index (κ1) is 11.4. The van der Waals surface area contributed by atoms with Crippen LogP contribution in [0.25, 0.3) is 0 Å². The van der Waals surface area contributed by atoms with E-state index in [1.54, 1.807) is 12.1 Å². The van der Waals surface area contributed by atoms with Crippen molar-refractivity contribution < 1.29 is 0 Å². The first-order valence-corrected chi connectivity index (χ1v) is 5.45. The second-order valence-electron chi connectivity index (χ2n) is 3.26. The smallest absolute Gasteiger partial charge is 0.146 e. The van der Waals surface area contributed by atoms with E-state index in [9.17, 15) is 0 Å². The molecule has 1 heterocycles. The highest BCUT2D eigenvalue weighted by atomic mass is 35.5. The molecule has 2 rings (SSSR count). The van der Waals surface area contributed by atoms with Crippen LogP contribution in [0.2, 0.25) is 10.0 Å². The van der Waals surface area contributed by atoms with Crippen molar-refractivity contribution >= 4 is 23.2 Å². The average molecular weight is 257 g/mol. The number of H-pyrrole nitrogens is 1. The van der Waals surface area contributed by atoms with Gasteiger partial charge >= 0.3 is 0 Å². The van der Waals surface area contributed by atoms with Gasteiger partial charge in [-0.25, -0.2) is 4.98 Å². The largest absolute Gasteiger partial charge is 0.307 e. The van der Waals surface area contributed by atoms with Crippen LogP contribution in [0.1, 0.15) is 17.4 Å². The quantitative estimate of drug-likeness (QED) is 0.887. The number of nitrogens with zero attached hydrogens (tertiary/aromatic N) is 2. The standard InChI is InChI=1S/C10H10Cl2N4/c1-13-9(10-14-5-15-16-10)7-4-6(11)2-3-8(7)12/h2-5,9,13H,1H3,(H,14,15,16). The van der Waals surface area contributed by atoms with Crippen molar-refractivity contribution in [2.45, 2.75) is 6.04 Å². The summed E-state index contributed by atoms with van der Waals surface area (Å²) in [6.45, 7) is 0. The summed E-state index contributed by atoms with van der Waals surface area (Å²) in [5, 5.41) is 11.0. The average Bonchev–Trinajstić information content (AvgIpc) is 2.78. The van der Waals surface area contributed by atoms with Crippen LogP contribution >= 0.6 is 23.2 Å². The van der Waals surface area contributed by atoms with Crippen molar-refractivity contribution in [1.29, 1.82) is 0 Å². The fourth-order valence-corrected chi connectivity index (χ4v) is 1.94. The van der Waals surface area contributed by atoms with Gasteiger partial charge in [0.25, 0.3) is 0 Å². The Kier molecular flexibility index (Phi) is 3.43. The SMILES string of the molecule is CNC(c1ncn[nH]1)c1cc(Cl)ccc1Cl. The lowest BCUT2D eigenvalue weighted by atomic mass is 10.1. The van der Waals surface area contributed by atoms with E-state index < -0.39 is 0 Å². The van der Waals surface area contributed by atoms with Gasteiger partial charge in [-0.1, -0.05) is 23.2 Å². The van der Waals surface area contributed by atoms with Crippen molar-refractivity contribution in [2.75, 3.05) is 7.05 Å². The van der Waals surface area contributed by atoms with Crippen LogP contribution in [-0.2, 0) is 0 Å². The summed E-state index contributed by atoms with van der Waals surface area (Å²) in [6.07, 6.45) is 1.46. The highest BCUT2D eigenvalue weighted by molar-refractivity contribution is 6.33. The van der Waals surface area contributed by atoms with Crippen LogP contribution in [0.15, 0.2) is 24.5 Å². The van der Waals surface area contributed by atoms with Gasteiger partial charge in [-0.05, 0) is 30.8 Å². The van der Waals surface area contributed by atoms with Crippen LogP contribution in [0.3, 0.4) is 0 Å². The third-order valence-corrected chi connectivity index (χ3v) is 2.84. The molecule has 4 nitrogen and oxygen atoms in total. The van der Waals surface area contributed by atoms with Gasteiger partial charge < -0.3 is 5.32 Å². The van der Waals surface area contributed by atoms with Crippen molar-refractivity contribution in [1.82, 2.24) is 20.5 Å². The maximum atomic E-state index is 6.13. The van der Waals surface area contributed by atoms with Gasteiger partial charge in [0.05, 0.1) is 6.04 Å². The molecule has 1 aromatic heterocycles. The Balaban J connectivity index is 2.44. The zero-order valence-electron chi connectivity index (χ0n) is 8.54. The molecule has 0 aliphatic carbocycles. The van der Waals surface area contributed by atoms with Gasteiger partial charge in [0.15, 0.2) is 0 Å². The summed E-state index contributed by atoms with van der Waals surface area (Å²) in [4.78, 5) is 4.10. The van der Waals surface area contributed by atoms with E-state index in [2.05, 4.69) is 20.5 Å². The van der Waals surface area contributed by atoms with Crippen LogP contribution in [0, 0.1) is 0 Å². The first-order chi connectivity index (χ1) is 7.72. The topological polar surface area (TPSA) is 53.6 Å². The second-order valence-corrected chi connectivity index (χ2v) is 4.10. The lowest BCUT2D eigenvalue weighted by molar-refractivity contribution is 0.650. The maximum Gasteiger partial charge on any atom is 0.146 e. The van der Waals surface area contributed by atoms with E-state index in [4.69, 9.17) is 23.2 Å². The van der Waals surface area contributed by atoms with Gasteiger partial charge in [0, 0.05) is 10.0 Å². The minimum absolute atomic E-state index is 0.145. The highest BCUT2D eigenvalue weighted by Gasteiger charge is 2.17. The molecule has 2 N–H and O–H groups in total. The minimum atomic E-state index is -0.145. The number of benzene rings is 1. The minimum Gasteiger partial charge on any atom is -0.307 e. The number of halogens is 2. The number of hydrogen-bond acceptors (Lipinski definition) is 3. The monoisotopic (exact) mass is 256 g/mol. The zero-order valence-corrected chi connectivity index (χ0v) is 10.0. The van der Waals surface area contributed by atoms with Crippen molar-refractivity contribution in [3.05, 3.63) is 46.0 Å². The molecule has 84 valence electrons. The van der Waals surface area contributed by atoms with Crippen LogP contribution in [-0.4, -0.2) is 22.2 Å². The van der Waals surface area contributed by atoms with Gasteiger partial charge in [-0.2, -0.15) is 5.10 Å². The second kappa shape index (κ2) is 4.82. The number of nitrogens with one attached hydrogen (secondary N) is 2. The molecular formula is C10H10Cl2N4. The molecule has 0 bridgehead atoms. The molecule has 2 aromatic rings. The molecule has 16 heavy (non-hydrogen) atoms. The van der Waals surface area contributed by atoms with Crippen molar-refractivity contribution in [2.24, 2.45) is 0 Å². The van der Waals surface area contributed by atoms with Crippen molar-refractivity contribution in [3.8, 4) is 0 Å². The fraction of sp³-hybridized carbons (Fsp3) is 0.200. The molecule has 0 saturated heterocycles. The summed E-state index contributed by atoms with van der Waals surface area (Å²) in [5.74, 6) is 0.701. The summed E-state index contributed by atoms with van der Waals surface area (Å²) >= 11 is 12.1. The summed E-state index contributed by atoms with van der Waals surface area (Å²) in [5.41, 5.74) is 0.869. The highest BCUT2D eigenvalue weighted by Crippen LogP contribution is 2.28. The Hall–Kier alpha value is -1.10. The summed E-state index contributed by atoms with van der Waals surface area (Å²) in [6, 6.07) is 5.18. The van der Waals surface area contributed by atoms with Gasteiger partial charge in [0.2, 0.25) is 0 Å². The molecule has 0 amide bonds. The van der Waals surface area contributed by atoms with Gasteiger partial charge in [-0.15, -0.1) is 0 Å². The predicted octanol–water partition coefficient (Wildman–Crippen LogP) is 2.42. The molecule has 6 heteroatoms. The van der Waals surface area contributed by atoms with E-state index in [-0.39, 0.29) is 6.04 Å². The Morgan fingerprint density at radius 2 is 2.19 bits per heavy atom. The maximum absolute atomic E-state index is 6.13. The lowest BCUT2D eigenvalue weighted by Gasteiger charge is -2.15. The fourth-order valence-electron chi connectivity index (χ4n) is 1.53. The number of aromatic amines is 1. The summed E-state index contributed by atoms with van der Waals surface area (Å²) < 4.78 is 0. The van der Waals surface area contributed by atoms with E-state index in [0.29, 0.717) is 15.9 Å². The molecule has 0 fully saturated rings. The number of hydrogen-bond donors (Lipinski definition) is 2. The van der Waals surface area contributed by atoms with Crippen LogP contribution in [0.4, 0.5) is 0 Å². The first-order valence-electron chi connectivity index (χ1n) is 4.70. The zero-order chi connectivity index (χ0) is 11.5. The molecule has 1 aromatic carbocycles. The van der Waals surface area contributed by atoms with Gasteiger partial charge in [0.1, 0.15) is 12.2 Å². The molecule has 1 unspecified atom stereocenters. The number of aromatic nitrogens is 3. The van der Waals surface area contributed by atoms with Crippen LogP contribution in [0.5, 0.6) is 0 Å². The van der Waals surface area contributed by atoms with E-state index in [1.165, 1.54) is 6.33 Å². The van der Waals surface area contributed by atoms with Crippen molar-refractivity contribution in [3.63, 3.8) is 0 Å². The molecule has 0 radical (unpaired) electrons. The number of rotatable bonds is 3.